The number of hydrogen-bond acceptors (Lipinski definition) is 5. The van der Waals surface area contributed by atoms with Crippen LogP contribution in [0.2, 0.25) is 0 Å². The van der Waals surface area contributed by atoms with Crippen molar-refractivity contribution in [1.29, 1.82) is 0 Å². The molecule has 0 saturated carbocycles. The summed E-state index contributed by atoms with van der Waals surface area (Å²) in [6.07, 6.45) is 3.36. The molecule has 20 heavy (non-hydrogen) atoms. The molecule has 0 fully saturated rings. The molecule has 0 atom stereocenters. The lowest BCUT2D eigenvalue weighted by Crippen LogP contribution is -2.37. The molecule has 0 aromatic carbocycles. The average Bonchev–Trinajstić information content (AvgIpc) is 2.47. The zero-order valence-corrected chi connectivity index (χ0v) is 11.7. The Hall–Kier alpha value is -2.31. The highest BCUT2D eigenvalue weighted by Crippen LogP contribution is 2.07. The molecule has 0 unspecified atom stereocenters. The molecule has 0 aliphatic heterocycles. The summed E-state index contributed by atoms with van der Waals surface area (Å²) in [6.45, 7) is 1.99. The minimum atomic E-state index is -0.511. The van der Waals surface area contributed by atoms with Gasteiger partial charge in [-0.1, -0.05) is 13.3 Å². The van der Waals surface area contributed by atoms with Crippen molar-refractivity contribution in [3.63, 3.8) is 0 Å². The van der Waals surface area contributed by atoms with E-state index in [1.165, 1.54) is 24.9 Å². The first kappa shape index (κ1) is 14.1. The SMILES string of the molecule is CCCCC(=O)c1cnc2c(=O)n(C)c(=O)n(C)c2n1. The molecule has 106 valence electrons. The van der Waals surface area contributed by atoms with Crippen LogP contribution in [0.3, 0.4) is 0 Å². The van der Waals surface area contributed by atoms with Crippen molar-refractivity contribution in [3.8, 4) is 0 Å². The molecule has 2 heterocycles. The van der Waals surface area contributed by atoms with E-state index in [1.54, 1.807) is 0 Å². The standard InChI is InChI=1S/C13H16N4O3/c1-4-5-6-9(18)8-7-14-10-11(15-8)16(2)13(20)17(3)12(10)19/h7H,4-6H2,1-3H3. The van der Waals surface area contributed by atoms with Gasteiger partial charge in [0.25, 0.3) is 5.56 Å². The minimum absolute atomic E-state index is 0.0849. The van der Waals surface area contributed by atoms with Crippen LogP contribution in [0.4, 0.5) is 0 Å². The summed E-state index contributed by atoms with van der Waals surface area (Å²) < 4.78 is 2.19. The Bertz CT molecular complexity index is 789. The molecule has 0 N–H and O–H groups in total. The van der Waals surface area contributed by atoms with Crippen molar-refractivity contribution in [3.05, 3.63) is 32.7 Å². The minimum Gasteiger partial charge on any atom is -0.292 e. The molecule has 2 aromatic heterocycles. The Morgan fingerprint density at radius 1 is 1.25 bits per heavy atom. The number of aromatic nitrogens is 4. The van der Waals surface area contributed by atoms with Crippen LogP contribution < -0.4 is 11.2 Å². The van der Waals surface area contributed by atoms with Crippen LogP contribution in [-0.4, -0.2) is 24.9 Å². The third-order valence-corrected chi connectivity index (χ3v) is 3.20. The van der Waals surface area contributed by atoms with Crippen molar-refractivity contribution >= 4 is 16.9 Å². The molecule has 2 rings (SSSR count). The van der Waals surface area contributed by atoms with Crippen LogP contribution in [0.15, 0.2) is 15.8 Å². The van der Waals surface area contributed by atoms with Gasteiger partial charge in [-0.3, -0.25) is 18.7 Å². The number of Topliss-reactive ketones (excluding diaryl/α,β-unsaturated/α-hetero) is 1. The molecule has 0 aliphatic carbocycles. The van der Waals surface area contributed by atoms with E-state index in [2.05, 4.69) is 9.97 Å². The average molecular weight is 276 g/mol. The van der Waals surface area contributed by atoms with Gasteiger partial charge in [0.2, 0.25) is 0 Å². The molecule has 0 radical (unpaired) electrons. The maximum absolute atomic E-state index is 11.9. The normalized spacial score (nSPS) is 10.9. The van der Waals surface area contributed by atoms with Crippen molar-refractivity contribution in [2.75, 3.05) is 0 Å². The second-order valence-electron chi connectivity index (χ2n) is 4.66. The fraction of sp³-hybridized carbons (Fsp3) is 0.462. The molecule has 7 nitrogen and oxygen atoms in total. The summed E-state index contributed by atoms with van der Waals surface area (Å²) in [7, 11) is 2.88. The second kappa shape index (κ2) is 5.36. The van der Waals surface area contributed by atoms with E-state index in [4.69, 9.17) is 0 Å². The van der Waals surface area contributed by atoms with Crippen LogP contribution in [0.25, 0.3) is 11.2 Å². The molecule has 0 aliphatic rings. The fourth-order valence-electron chi connectivity index (χ4n) is 1.93. The van der Waals surface area contributed by atoms with Gasteiger partial charge in [0.15, 0.2) is 16.9 Å². The predicted octanol–water partition coefficient (Wildman–Crippen LogP) is 0.400. The number of aryl methyl sites for hydroxylation is 1. The first-order valence-corrected chi connectivity index (χ1v) is 6.43. The largest absolute Gasteiger partial charge is 0.332 e. The van der Waals surface area contributed by atoms with Crippen molar-refractivity contribution < 1.29 is 4.79 Å². The highest BCUT2D eigenvalue weighted by Gasteiger charge is 2.14. The van der Waals surface area contributed by atoms with E-state index in [0.717, 1.165) is 17.4 Å². The van der Waals surface area contributed by atoms with E-state index in [0.29, 0.717) is 6.42 Å². The summed E-state index contributed by atoms with van der Waals surface area (Å²) >= 11 is 0. The van der Waals surface area contributed by atoms with Crippen LogP contribution >= 0.6 is 0 Å². The summed E-state index contributed by atoms with van der Waals surface area (Å²) in [6, 6.07) is 0. The Morgan fingerprint density at radius 2 is 1.95 bits per heavy atom. The predicted molar refractivity (Wildman–Crippen MR) is 73.9 cm³/mol. The summed E-state index contributed by atoms with van der Waals surface area (Å²) in [4.78, 5) is 43.8. The van der Waals surface area contributed by atoms with Crippen molar-refractivity contribution in [2.24, 2.45) is 14.1 Å². The first-order chi connectivity index (χ1) is 9.47. The van der Waals surface area contributed by atoms with Crippen LogP contribution in [0.5, 0.6) is 0 Å². The molecule has 2 aromatic rings. The Labute approximate surface area is 114 Å². The van der Waals surface area contributed by atoms with Gasteiger partial charge in [0.05, 0.1) is 6.20 Å². The molecule has 0 amide bonds. The molecule has 0 saturated heterocycles. The monoisotopic (exact) mass is 276 g/mol. The number of unbranched alkanes of at least 4 members (excludes halogenated alkanes) is 1. The van der Waals surface area contributed by atoms with Gasteiger partial charge >= 0.3 is 5.69 Å². The fourth-order valence-corrected chi connectivity index (χ4v) is 1.93. The van der Waals surface area contributed by atoms with Crippen molar-refractivity contribution in [1.82, 2.24) is 19.1 Å². The Kier molecular flexibility index (Phi) is 3.78. The number of carbonyl (C=O) groups excluding carboxylic acids is 1. The lowest BCUT2D eigenvalue weighted by atomic mass is 10.1. The molecule has 7 heteroatoms. The van der Waals surface area contributed by atoms with Gasteiger partial charge in [-0.2, -0.15) is 0 Å². The van der Waals surface area contributed by atoms with Gasteiger partial charge in [-0.25, -0.2) is 14.8 Å². The smallest absolute Gasteiger partial charge is 0.292 e. The number of carbonyl (C=O) groups is 1. The van der Waals surface area contributed by atoms with Crippen LogP contribution in [0, 0.1) is 0 Å². The third-order valence-electron chi connectivity index (χ3n) is 3.20. The third kappa shape index (κ3) is 2.26. The zero-order chi connectivity index (χ0) is 14.9. The van der Waals surface area contributed by atoms with Crippen LogP contribution in [-0.2, 0) is 14.1 Å². The van der Waals surface area contributed by atoms with Gasteiger partial charge in [0, 0.05) is 20.5 Å². The molecular formula is C13H16N4O3. The molecule has 0 bridgehead atoms. The Morgan fingerprint density at radius 3 is 2.60 bits per heavy atom. The summed E-state index contributed by atoms with van der Waals surface area (Å²) in [5, 5.41) is 0. The van der Waals surface area contributed by atoms with E-state index >= 15 is 0 Å². The number of nitrogens with zero attached hydrogens (tertiary/aromatic N) is 4. The van der Waals surface area contributed by atoms with Gasteiger partial charge < -0.3 is 0 Å². The number of ketones is 1. The quantitative estimate of drug-likeness (QED) is 0.754. The van der Waals surface area contributed by atoms with E-state index < -0.39 is 11.2 Å². The van der Waals surface area contributed by atoms with Gasteiger partial charge in [-0.15, -0.1) is 0 Å². The summed E-state index contributed by atoms with van der Waals surface area (Å²) in [5.41, 5.74) is -0.589. The first-order valence-electron chi connectivity index (χ1n) is 6.43. The lowest BCUT2D eigenvalue weighted by Gasteiger charge is -2.07. The van der Waals surface area contributed by atoms with Crippen LogP contribution in [0.1, 0.15) is 36.7 Å². The maximum atomic E-state index is 11.9. The Balaban J connectivity index is 2.63. The zero-order valence-electron chi connectivity index (χ0n) is 11.7. The maximum Gasteiger partial charge on any atom is 0.332 e. The number of fused-ring (bicyclic) bond motifs is 1. The van der Waals surface area contributed by atoms with E-state index in [-0.39, 0.29) is 22.6 Å². The highest BCUT2D eigenvalue weighted by atomic mass is 16.2. The van der Waals surface area contributed by atoms with E-state index in [9.17, 15) is 14.4 Å². The van der Waals surface area contributed by atoms with Gasteiger partial charge in [0.1, 0.15) is 5.69 Å². The summed E-state index contributed by atoms with van der Waals surface area (Å²) in [5.74, 6) is -0.130. The molecule has 0 spiro atoms. The van der Waals surface area contributed by atoms with Gasteiger partial charge in [-0.05, 0) is 6.42 Å². The van der Waals surface area contributed by atoms with E-state index in [1.807, 2.05) is 6.92 Å². The lowest BCUT2D eigenvalue weighted by molar-refractivity contribution is 0.0975. The van der Waals surface area contributed by atoms with Crippen molar-refractivity contribution in [2.45, 2.75) is 26.2 Å². The highest BCUT2D eigenvalue weighted by molar-refractivity contribution is 5.95. The second-order valence-corrected chi connectivity index (χ2v) is 4.66. The molecular weight excluding hydrogens is 260 g/mol. The number of rotatable bonds is 4. The number of hydrogen-bond donors (Lipinski definition) is 0. The topological polar surface area (TPSA) is 86.9 Å².